The number of aliphatic hydroxyl groups is 2. The number of hydrogen-bond donors (Lipinski definition) is 2. The molecule has 4 unspecified atom stereocenters. The number of hydrogen-bond acceptors (Lipinski definition) is 6. The number of fused-ring (bicyclic) bond motifs is 5. The minimum absolute atomic E-state index is 0.147. The molecule has 3 rings (SSSR count). The lowest BCUT2D eigenvalue weighted by molar-refractivity contribution is -0.149. The van der Waals surface area contributed by atoms with E-state index in [2.05, 4.69) is 0 Å². The Labute approximate surface area is 95.6 Å². The monoisotopic (exact) mass is 238 g/mol. The van der Waals surface area contributed by atoms with E-state index >= 15 is 0 Å². The van der Waals surface area contributed by atoms with E-state index in [9.17, 15) is 29.4 Å². The van der Waals surface area contributed by atoms with Gasteiger partial charge in [0.15, 0.2) is 35.3 Å². The van der Waals surface area contributed by atoms with E-state index in [1.165, 1.54) is 0 Å². The van der Waals surface area contributed by atoms with Crippen molar-refractivity contribution >= 4 is 23.1 Å². The summed E-state index contributed by atoms with van der Waals surface area (Å²) in [5.74, 6) is -6.11. The lowest BCUT2D eigenvalue weighted by atomic mass is 9.81. The van der Waals surface area contributed by atoms with E-state index in [1.54, 1.807) is 0 Å². The first kappa shape index (κ1) is 10.7. The summed E-state index contributed by atoms with van der Waals surface area (Å²) in [5, 5.41) is 18.8. The van der Waals surface area contributed by atoms with Crippen molar-refractivity contribution in [1.29, 1.82) is 0 Å². The Morgan fingerprint density at radius 2 is 1.06 bits per heavy atom. The highest BCUT2D eigenvalue weighted by Crippen LogP contribution is 2.51. The Bertz CT molecular complexity index is 423. The van der Waals surface area contributed by atoms with Gasteiger partial charge in [-0.05, 0) is 6.42 Å². The molecule has 0 aromatic heterocycles. The topological polar surface area (TPSA) is 109 Å². The Morgan fingerprint density at radius 1 is 0.706 bits per heavy atom. The number of carbonyl (C=O) groups is 4. The van der Waals surface area contributed by atoms with Gasteiger partial charge >= 0.3 is 0 Å². The van der Waals surface area contributed by atoms with Crippen molar-refractivity contribution in [3.05, 3.63) is 0 Å². The summed E-state index contributed by atoms with van der Waals surface area (Å²) in [7, 11) is 0. The Hall–Kier alpha value is -1.40. The van der Waals surface area contributed by atoms with Crippen molar-refractivity contribution in [3.63, 3.8) is 0 Å². The number of rotatable bonds is 0. The molecule has 6 heteroatoms. The standard InChI is InChI=1S/C11H10O6/c12-6-2-1-3(7(13)10(6)16)5-4(2)8(14)11(17)9(5)15/h2-5,10-11,16-17H,1H2. The molecule has 6 nitrogen and oxygen atoms in total. The maximum absolute atomic E-state index is 11.7. The van der Waals surface area contributed by atoms with Gasteiger partial charge in [-0.1, -0.05) is 0 Å². The van der Waals surface area contributed by atoms with E-state index in [-0.39, 0.29) is 6.42 Å². The Morgan fingerprint density at radius 3 is 1.47 bits per heavy atom. The van der Waals surface area contributed by atoms with Gasteiger partial charge in [0.1, 0.15) is 0 Å². The second kappa shape index (κ2) is 3.08. The van der Waals surface area contributed by atoms with Crippen LogP contribution in [0.2, 0.25) is 0 Å². The first-order valence-corrected chi connectivity index (χ1v) is 5.46. The molecule has 2 bridgehead atoms. The maximum atomic E-state index is 11.7. The van der Waals surface area contributed by atoms with Crippen LogP contribution in [0, 0.1) is 23.7 Å². The van der Waals surface area contributed by atoms with Gasteiger partial charge in [0.2, 0.25) is 0 Å². The fourth-order valence-electron chi connectivity index (χ4n) is 3.45. The summed E-state index contributed by atoms with van der Waals surface area (Å²) in [6.07, 6.45) is -3.26. The van der Waals surface area contributed by atoms with Crippen molar-refractivity contribution in [2.24, 2.45) is 23.7 Å². The fourth-order valence-corrected chi connectivity index (χ4v) is 3.45. The van der Waals surface area contributed by atoms with Crippen molar-refractivity contribution in [1.82, 2.24) is 0 Å². The van der Waals surface area contributed by atoms with Gasteiger partial charge in [0, 0.05) is 23.7 Å². The highest BCUT2D eigenvalue weighted by molar-refractivity contribution is 6.21. The average Bonchev–Trinajstić information content (AvgIpc) is 2.77. The molecule has 0 aromatic carbocycles. The highest BCUT2D eigenvalue weighted by atomic mass is 16.3. The van der Waals surface area contributed by atoms with E-state index in [0.29, 0.717) is 0 Å². The second-order valence-electron chi connectivity index (χ2n) is 4.91. The van der Waals surface area contributed by atoms with E-state index < -0.39 is 59.0 Å². The van der Waals surface area contributed by atoms with Crippen LogP contribution >= 0.6 is 0 Å². The molecule has 0 heterocycles. The van der Waals surface area contributed by atoms with Gasteiger partial charge in [-0.15, -0.1) is 0 Å². The van der Waals surface area contributed by atoms with Crippen LogP contribution in [0.4, 0.5) is 0 Å². The molecule has 3 fully saturated rings. The van der Waals surface area contributed by atoms with Gasteiger partial charge in [-0.3, -0.25) is 19.2 Å². The summed E-state index contributed by atoms with van der Waals surface area (Å²) in [6.45, 7) is 0. The molecule has 0 amide bonds. The zero-order chi connectivity index (χ0) is 12.5. The lowest BCUT2D eigenvalue weighted by Crippen LogP contribution is -2.44. The van der Waals surface area contributed by atoms with Crippen LogP contribution < -0.4 is 0 Å². The molecule has 0 spiro atoms. The zero-order valence-corrected chi connectivity index (χ0v) is 8.70. The van der Waals surface area contributed by atoms with Crippen LogP contribution in [0.25, 0.3) is 0 Å². The van der Waals surface area contributed by atoms with E-state index in [4.69, 9.17) is 0 Å². The van der Waals surface area contributed by atoms with E-state index in [1.807, 2.05) is 0 Å². The molecular formula is C11H10O6. The van der Waals surface area contributed by atoms with Gasteiger partial charge < -0.3 is 10.2 Å². The summed E-state index contributed by atoms with van der Waals surface area (Å²) in [5.41, 5.74) is 0. The predicted octanol–water partition coefficient (Wildman–Crippen LogP) is -2.12. The molecule has 3 aliphatic carbocycles. The van der Waals surface area contributed by atoms with Crippen LogP contribution in [0.5, 0.6) is 0 Å². The van der Waals surface area contributed by atoms with Crippen LogP contribution in [0.1, 0.15) is 6.42 Å². The SMILES string of the molecule is O=C1C(O)C(=O)C2CC1C1C(=O)C(O)C(=O)C21. The van der Waals surface area contributed by atoms with E-state index in [0.717, 1.165) is 0 Å². The molecule has 0 radical (unpaired) electrons. The summed E-state index contributed by atoms with van der Waals surface area (Å²) >= 11 is 0. The van der Waals surface area contributed by atoms with Crippen LogP contribution in [-0.4, -0.2) is 45.6 Å². The largest absolute Gasteiger partial charge is 0.378 e. The third-order valence-corrected chi connectivity index (χ3v) is 4.23. The lowest BCUT2D eigenvalue weighted by Gasteiger charge is -2.23. The van der Waals surface area contributed by atoms with Gasteiger partial charge in [0.25, 0.3) is 0 Å². The molecule has 0 saturated heterocycles. The Kier molecular flexibility index (Phi) is 1.95. The minimum Gasteiger partial charge on any atom is -0.378 e. The molecule has 2 N–H and O–H groups in total. The Balaban J connectivity index is 2.10. The molecule has 3 saturated carbocycles. The quantitative estimate of drug-likeness (QED) is 0.467. The smallest absolute Gasteiger partial charge is 0.173 e. The third-order valence-electron chi connectivity index (χ3n) is 4.23. The predicted molar refractivity (Wildman–Crippen MR) is 50.6 cm³/mol. The molecule has 4 atom stereocenters. The minimum atomic E-state index is -1.71. The highest BCUT2D eigenvalue weighted by Gasteiger charge is 2.66. The molecule has 90 valence electrons. The zero-order valence-electron chi connectivity index (χ0n) is 8.70. The summed E-state index contributed by atoms with van der Waals surface area (Å²) < 4.78 is 0. The summed E-state index contributed by atoms with van der Waals surface area (Å²) in [6, 6.07) is 0. The summed E-state index contributed by atoms with van der Waals surface area (Å²) in [4.78, 5) is 46.7. The number of aliphatic hydroxyl groups excluding tert-OH is 2. The molecule has 0 aromatic rings. The number of ketones is 4. The van der Waals surface area contributed by atoms with Crippen molar-refractivity contribution in [2.75, 3.05) is 0 Å². The van der Waals surface area contributed by atoms with Gasteiger partial charge in [0.05, 0.1) is 0 Å². The molecule has 17 heavy (non-hydrogen) atoms. The molecular weight excluding hydrogens is 228 g/mol. The van der Waals surface area contributed by atoms with Crippen molar-refractivity contribution in [2.45, 2.75) is 18.6 Å². The van der Waals surface area contributed by atoms with Gasteiger partial charge in [-0.25, -0.2) is 0 Å². The van der Waals surface area contributed by atoms with Crippen LogP contribution in [0.15, 0.2) is 0 Å². The fraction of sp³-hybridized carbons (Fsp3) is 0.636. The first-order chi connectivity index (χ1) is 7.95. The normalized spacial score (nSPS) is 48.8. The van der Waals surface area contributed by atoms with Crippen LogP contribution in [0.3, 0.4) is 0 Å². The van der Waals surface area contributed by atoms with Gasteiger partial charge in [-0.2, -0.15) is 0 Å². The molecule has 0 aliphatic heterocycles. The number of Topliss-reactive ketones (excluding diaryl/α,β-unsaturated/α-hetero) is 4. The van der Waals surface area contributed by atoms with Crippen LogP contribution in [-0.2, 0) is 19.2 Å². The second-order valence-corrected chi connectivity index (χ2v) is 4.91. The maximum Gasteiger partial charge on any atom is 0.173 e. The van der Waals surface area contributed by atoms with Crippen molar-refractivity contribution < 1.29 is 29.4 Å². The van der Waals surface area contributed by atoms with Crippen molar-refractivity contribution in [3.8, 4) is 0 Å². The molecule has 3 aliphatic rings. The first-order valence-electron chi connectivity index (χ1n) is 5.46. The number of carbonyl (C=O) groups excluding carboxylic acids is 4. The average molecular weight is 238 g/mol. The third kappa shape index (κ3) is 1.07.